The zero-order valence-corrected chi connectivity index (χ0v) is 10.8. The van der Waals surface area contributed by atoms with Crippen molar-refractivity contribution < 1.29 is 0 Å². The minimum absolute atomic E-state index is 0. The van der Waals surface area contributed by atoms with Crippen LogP contribution in [0.25, 0.3) is 0 Å². The molecule has 2 heteroatoms. The van der Waals surface area contributed by atoms with Gasteiger partial charge in [0.2, 0.25) is 0 Å². The maximum atomic E-state index is 2.30. The summed E-state index contributed by atoms with van der Waals surface area (Å²) in [5.74, 6) is 0. The van der Waals surface area contributed by atoms with Crippen LogP contribution in [0.1, 0.15) is 64.7 Å². The Bertz CT molecular complexity index is 122. The Morgan fingerprint density at radius 1 is 0.800 bits per heavy atom. The van der Waals surface area contributed by atoms with E-state index in [-0.39, 0.29) is 29.6 Å². The van der Waals surface area contributed by atoms with Gasteiger partial charge in [-0.25, -0.2) is 0 Å². The first kappa shape index (κ1) is 16.4. The summed E-state index contributed by atoms with van der Waals surface area (Å²) in [6, 6.07) is 0. The quantitative estimate of drug-likeness (QED) is 0.351. The van der Waals surface area contributed by atoms with Crippen LogP contribution in [0, 0.1) is 0 Å². The zero-order valence-electron chi connectivity index (χ0n) is 9.93. The molecule has 1 rings (SSSR count). The average Bonchev–Trinajstić information content (AvgIpc) is 2.25. The predicted octanol–water partition coefficient (Wildman–Crippen LogP) is 4.36. The molecule has 1 heterocycles. The van der Waals surface area contributed by atoms with Gasteiger partial charge in [-0.3, -0.25) is 0 Å². The van der Waals surface area contributed by atoms with Crippen molar-refractivity contribution in [2.24, 2.45) is 0 Å². The van der Waals surface area contributed by atoms with Crippen molar-refractivity contribution in [3.8, 4) is 0 Å². The van der Waals surface area contributed by atoms with Gasteiger partial charge in [-0.15, -0.1) is 7.92 Å². The molecule has 0 atom stereocenters. The first-order valence-electron chi connectivity index (χ1n) is 6.66. The van der Waals surface area contributed by atoms with Crippen LogP contribution in [0.2, 0.25) is 0 Å². The SMILES string of the molecule is CCCCCCCCP1CCCCC1.[NaH]. The van der Waals surface area contributed by atoms with Gasteiger partial charge in [0.05, 0.1) is 0 Å². The van der Waals surface area contributed by atoms with Crippen LogP contribution in [-0.2, 0) is 0 Å². The van der Waals surface area contributed by atoms with Crippen molar-refractivity contribution in [3.05, 3.63) is 0 Å². The summed E-state index contributed by atoms with van der Waals surface area (Å²) < 4.78 is 0. The van der Waals surface area contributed by atoms with Crippen molar-refractivity contribution in [3.63, 3.8) is 0 Å². The second-order valence-corrected chi connectivity index (χ2v) is 7.35. The van der Waals surface area contributed by atoms with Crippen molar-refractivity contribution in [1.29, 1.82) is 0 Å². The number of unbranched alkanes of at least 4 members (excludes halogenated alkanes) is 5. The Morgan fingerprint density at radius 3 is 2.07 bits per heavy atom. The zero-order chi connectivity index (χ0) is 10.1. The number of hydrogen-bond acceptors (Lipinski definition) is 0. The number of rotatable bonds is 7. The molecule has 0 aliphatic carbocycles. The van der Waals surface area contributed by atoms with Gasteiger partial charge in [-0.05, 0) is 37.7 Å². The van der Waals surface area contributed by atoms with E-state index in [2.05, 4.69) is 6.92 Å². The fraction of sp³-hybridized carbons (Fsp3) is 1.00. The molecule has 1 saturated heterocycles. The van der Waals surface area contributed by atoms with Gasteiger partial charge in [0.15, 0.2) is 0 Å². The molecule has 0 aromatic carbocycles. The van der Waals surface area contributed by atoms with Gasteiger partial charge in [-0.1, -0.05) is 45.4 Å². The summed E-state index contributed by atoms with van der Waals surface area (Å²) in [6.45, 7) is 2.30. The van der Waals surface area contributed by atoms with Gasteiger partial charge in [-0.2, -0.15) is 0 Å². The monoisotopic (exact) mass is 238 g/mol. The van der Waals surface area contributed by atoms with E-state index in [1.807, 2.05) is 0 Å². The third-order valence-electron chi connectivity index (χ3n) is 3.28. The normalized spacial score (nSPS) is 17.4. The second-order valence-electron chi connectivity index (χ2n) is 4.67. The summed E-state index contributed by atoms with van der Waals surface area (Å²) in [4.78, 5) is 0. The van der Waals surface area contributed by atoms with E-state index >= 15 is 0 Å². The molecule has 1 fully saturated rings. The molecule has 15 heavy (non-hydrogen) atoms. The van der Waals surface area contributed by atoms with Crippen LogP contribution in [0.15, 0.2) is 0 Å². The summed E-state index contributed by atoms with van der Waals surface area (Å²) >= 11 is 0. The summed E-state index contributed by atoms with van der Waals surface area (Å²) in [5, 5.41) is 0. The minimum atomic E-state index is 0. The van der Waals surface area contributed by atoms with Crippen LogP contribution < -0.4 is 0 Å². The van der Waals surface area contributed by atoms with Gasteiger partial charge in [0.1, 0.15) is 0 Å². The van der Waals surface area contributed by atoms with Crippen LogP contribution in [0.3, 0.4) is 0 Å². The van der Waals surface area contributed by atoms with Crippen LogP contribution >= 0.6 is 7.92 Å². The van der Waals surface area contributed by atoms with E-state index in [0.717, 1.165) is 0 Å². The molecule has 1 aliphatic heterocycles. The van der Waals surface area contributed by atoms with Gasteiger partial charge >= 0.3 is 29.6 Å². The molecule has 1 aliphatic rings. The van der Waals surface area contributed by atoms with Gasteiger partial charge in [0, 0.05) is 0 Å². The second kappa shape index (κ2) is 11.9. The molecule has 0 aromatic heterocycles. The van der Waals surface area contributed by atoms with Crippen molar-refractivity contribution in [1.82, 2.24) is 0 Å². The van der Waals surface area contributed by atoms with Crippen molar-refractivity contribution >= 4 is 37.5 Å². The molecular formula is C13H28NaP. The molecule has 0 bridgehead atoms. The molecule has 0 N–H and O–H groups in total. The van der Waals surface area contributed by atoms with E-state index in [0.29, 0.717) is 7.92 Å². The molecular weight excluding hydrogens is 210 g/mol. The van der Waals surface area contributed by atoms with E-state index in [9.17, 15) is 0 Å². The van der Waals surface area contributed by atoms with Crippen LogP contribution in [0.5, 0.6) is 0 Å². The summed E-state index contributed by atoms with van der Waals surface area (Å²) in [5.41, 5.74) is 0. The Balaban J connectivity index is 0.00000196. The van der Waals surface area contributed by atoms with Crippen LogP contribution in [-0.4, -0.2) is 48.0 Å². The average molecular weight is 238 g/mol. The van der Waals surface area contributed by atoms with E-state index < -0.39 is 0 Å². The number of hydrogen-bond donors (Lipinski definition) is 0. The van der Waals surface area contributed by atoms with Crippen molar-refractivity contribution in [2.45, 2.75) is 64.7 Å². The third kappa shape index (κ3) is 9.16. The van der Waals surface area contributed by atoms with Crippen molar-refractivity contribution in [2.75, 3.05) is 18.5 Å². The van der Waals surface area contributed by atoms with Gasteiger partial charge in [0.25, 0.3) is 0 Å². The summed E-state index contributed by atoms with van der Waals surface area (Å²) in [7, 11) is 0.504. The predicted molar refractivity (Wildman–Crippen MR) is 75.9 cm³/mol. The Kier molecular flexibility index (Phi) is 13.0. The molecule has 0 nitrogen and oxygen atoms in total. The Morgan fingerprint density at radius 2 is 1.40 bits per heavy atom. The van der Waals surface area contributed by atoms with Gasteiger partial charge < -0.3 is 0 Å². The maximum absolute atomic E-state index is 2.30. The Labute approximate surface area is 120 Å². The molecule has 0 unspecified atom stereocenters. The van der Waals surface area contributed by atoms with E-state index in [4.69, 9.17) is 0 Å². The molecule has 0 radical (unpaired) electrons. The van der Waals surface area contributed by atoms with E-state index in [1.165, 1.54) is 44.9 Å². The molecule has 0 spiro atoms. The molecule has 86 valence electrons. The topological polar surface area (TPSA) is 0 Å². The Hall–Kier alpha value is 1.43. The fourth-order valence-corrected chi connectivity index (χ4v) is 4.98. The van der Waals surface area contributed by atoms with Crippen LogP contribution in [0.4, 0.5) is 0 Å². The molecule has 0 saturated carbocycles. The van der Waals surface area contributed by atoms with E-state index in [1.54, 1.807) is 31.3 Å². The first-order valence-corrected chi connectivity index (χ1v) is 8.55. The molecule has 0 amide bonds. The third-order valence-corrected chi connectivity index (χ3v) is 6.12. The first-order chi connectivity index (χ1) is 6.93. The summed E-state index contributed by atoms with van der Waals surface area (Å²) in [6.07, 6.45) is 18.3. The molecule has 0 aromatic rings. The fourth-order valence-electron chi connectivity index (χ4n) is 2.30. The standard InChI is InChI=1S/C13H27P.Na.H/c1-2-3-4-5-6-8-11-14-12-9-7-10-13-14;;/h2-13H2,1H3;;.